The zero-order valence-corrected chi connectivity index (χ0v) is 12.7. The summed E-state index contributed by atoms with van der Waals surface area (Å²) in [5.74, 6) is 1.56. The van der Waals surface area contributed by atoms with Gasteiger partial charge in [0.25, 0.3) is 5.91 Å². The lowest BCUT2D eigenvalue weighted by atomic mass is 9.99. The van der Waals surface area contributed by atoms with Crippen LogP contribution in [0.1, 0.15) is 11.3 Å². The zero-order chi connectivity index (χ0) is 12.8. The summed E-state index contributed by atoms with van der Waals surface area (Å²) in [6, 6.07) is 3.61. The van der Waals surface area contributed by atoms with E-state index >= 15 is 0 Å². The fourth-order valence-electron chi connectivity index (χ4n) is 2.24. The first-order chi connectivity index (χ1) is 8.61. The van der Waals surface area contributed by atoms with Gasteiger partial charge in [0.15, 0.2) is 0 Å². The number of hydrogen-bond donors (Lipinski definition) is 1. The summed E-state index contributed by atoms with van der Waals surface area (Å²) in [7, 11) is 0. The van der Waals surface area contributed by atoms with E-state index in [1.165, 1.54) is 4.90 Å². The second-order valence-electron chi connectivity index (χ2n) is 4.41. The first kappa shape index (κ1) is 12.5. The Kier molecular flexibility index (Phi) is 3.15. The van der Waals surface area contributed by atoms with Gasteiger partial charge in [0.2, 0.25) is 0 Å². The van der Waals surface area contributed by atoms with Crippen LogP contribution in [0.3, 0.4) is 0 Å². The van der Waals surface area contributed by atoms with Crippen molar-refractivity contribution in [3.8, 4) is 0 Å². The highest BCUT2D eigenvalue weighted by Gasteiger charge is 2.52. The molecule has 2 fully saturated rings. The molecule has 7 heteroatoms. The van der Waals surface area contributed by atoms with Gasteiger partial charge < -0.3 is 5.32 Å². The molecule has 1 aromatic rings. The number of carbonyl (C=O) groups excluding carboxylic acids is 2. The minimum atomic E-state index is -0.629. The Hall–Kier alpha value is -0.530. The van der Waals surface area contributed by atoms with E-state index in [9.17, 15) is 9.59 Å². The highest BCUT2D eigenvalue weighted by Crippen LogP contribution is 2.34. The molecule has 0 aromatic carbocycles. The molecule has 0 saturated carbocycles. The maximum atomic E-state index is 12.4. The number of rotatable bonds is 2. The molecule has 4 nitrogen and oxygen atoms in total. The quantitative estimate of drug-likeness (QED) is 0.836. The first-order valence-corrected chi connectivity index (χ1v) is 8.33. The van der Waals surface area contributed by atoms with E-state index < -0.39 is 5.54 Å². The number of amides is 3. The molecular weight excluding hydrogens is 336 g/mol. The molecule has 2 aliphatic rings. The average molecular weight is 347 g/mol. The molecule has 1 spiro atoms. The van der Waals surface area contributed by atoms with E-state index in [0.717, 1.165) is 20.8 Å². The third-order valence-corrected chi connectivity index (χ3v) is 6.01. The fraction of sp³-hybridized carbons (Fsp3) is 0.455. The third kappa shape index (κ3) is 1.98. The largest absolute Gasteiger partial charge is 0.325 e. The van der Waals surface area contributed by atoms with Gasteiger partial charge in [-0.25, -0.2) is 4.79 Å². The summed E-state index contributed by atoms with van der Waals surface area (Å²) < 4.78 is 1.01. The molecule has 3 rings (SSSR count). The first-order valence-electron chi connectivity index (χ1n) is 5.57. The van der Waals surface area contributed by atoms with Crippen molar-refractivity contribution in [3.63, 3.8) is 0 Å². The summed E-state index contributed by atoms with van der Waals surface area (Å²) in [6.07, 6.45) is 0.743. The Labute approximate surface area is 121 Å². The van der Waals surface area contributed by atoms with Gasteiger partial charge in [-0.2, -0.15) is 11.8 Å². The molecule has 96 valence electrons. The van der Waals surface area contributed by atoms with Crippen LogP contribution in [0.4, 0.5) is 4.79 Å². The molecule has 2 aliphatic heterocycles. The standard InChI is InChI=1S/C11H11BrN2O2S2/c12-8-2-1-7(18-8)5-14-9(15)11(13-10(14)16)3-4-17-6-11/h1-2H,3-6H2,(H,13,16)/t11-/m0/s1. The molecule has 1 N–H and O–H groups in total. The van der Waals surface area contributed by atoms with E-state index in [0.29, 0.717) is 12.3 Å². The number of imide groups is 1. The Balaban J connectivity index is 1.80. The summed E-state index contributed by atoms with van der Waals surface area (Å²) in [5, 5.41) is 2.87. The van der Waals surface area contributed by atoms with Crippen molar-refractivity contribution < 1.29 is 9.59 Å². The van der Waals surface area contributed by atoms with Crippen LogP contribution in [0.15, 0.2) is 15.9 Å². The monoisotopic (exact) mass is 346 g/mol. The molecule has 0 aliphatic carbocycles. The summed E-state index contributed by atoms with van der Waals surface area (Å²) in [5.41, 5.74) is -0.629. The number of urea groups is 1. The fourth-order valence-corrected chi connectivity index (χ4v) is 5.04. The molecule has 1 atom stereocenters. The number of nitrogens with zero attached hydrogens (tertiary/aromatic N) is 1. The van der Waals surface area contributed by atoms with Gasteiger partial charge in [-0.3, -0.25) is 9.69 Å². The summed E-state index contributed by atoms with van der Waals surface area (Å²) >= 11 is 6.65. The minimum Gasteiger partial charge on any atom is -0.322 e. The number of halogens is 1. The van der Waals surface area contributed by atoms with Crippen LogP contribution in [0.25, 0.3) is 0 Å². The SMILES string of the molecule is O=C1N[C@]2(CCSC2)C(=O)N1Cc1ccc(Br)s1. The van der Waals surface area contributed by atoms with Crippen LogP contribution in [0, 0.1) is 0 Å². The molecule has 3 heterocycles. The lowest BCUT2D eigenvalue weighted by Crippen LogP contribution is -2.46. The Bertz CT molecular complexity index is 511. The topological polar surface area (TPSA) is 49.4 Å². The Morgan fingerprint density at radius 2 is 2.28 bits per heavy atom. The van der Waals surface area contributed by atoms with E-state index in [-0.39, 0.29) is 11.9 Å². The second-order valence-corrected chi connectivity index (χ2v) is 8.06. The van der Waals surface area contributed by atoms with Crippen LogP contribution in [-0.4, -0.2) is 33.9 Å². The summed E-state index contributed by atoms with van der Waals surface area (Å²) in [4.78, 5) is 26.7. The second kappa shape index (κ2) is 4.54. The third-order valence-electron chi connectivity index (χ3n) is 3.21. The van der Waals surface area contributed by atoms with Gasteiger partial charge in [0.1, 0.15) is 5.54 Å². The lowest BCUT2D eigenvalue weighted by molar-refractivity contribution is -0.130. The minimum absolute atomic E-state index is 0.0676. The Morgan fingerprint density at radius 1 is 1.44 bits per heavy atom. The molecule has 18 heavy (non-hydrogen) atoms. The molecule has 0 bridgehead atoms. The van der Waals surface area contributed by atoms with Crippen molar-refractivity contribution in [3.05, 3.63) is 20.8 Å². The smallest absolute Gasteiger partial charge is 0.322 e. The predicted molar refractivity (Wildman–Crippen MR) is 75.8 cm³/mol. The molecule has 2 saturated heterocycles. The van der Waals surface area contributed by atoms with Gasteiger partial charge >= 0.3 is 6.03 Å². The van der Waals surface area contributed by atoms with Crippen molar-refractivity contribution in [1.82, 2.24) is 10.2 Å². The van der Waals surface area contributed by atoms with Crippen LogP contribution in [0.2, 0.25) is 0 Å². The molecule has 0 radical (unpaired) electrons. The highest BCUT2D eigenvalue weighted by atomic mass is 79.9. The molecular formula is C11H11BrN2O2S2. The van der Waals surface area contributed by atoms with Crippen molar-refractivity contribution in [2.24, 2.45) is 0 Å². The number of thioether (sulfide) groups is 1. The molecule has 0 unspecified atom stereocenters. The van der Waals surface area contributed by atoms with Gasteiger partial charge in [-0.1, -0.05) is 0 Å². The van der Waals surface area contributed by atoms with Crippen molar-refractivity contribution in [1.29, 1.82) is 0 Å². The maximum Gasteiger partial charge on any atom is 0.325 e. The maximum absolute atomic E-state index is 12.4. The van der Waals surface area contributed by atoms with Crippen LogP contribution in [-0.2, 0) is 11.3 Å². The number of carbonyl (C=O) groups is 2. The van der Waals surface area contributed by atoms with E-state index in [1.807, 2.05) is 12.1 Å². The van der Waals surface area contributed by atoms with E-state index in [2.05, 4.69) is 21.2 Å². The summed E-state index contributed by atoms with van der Waals surface area (Å²) in [6.45, 7) is 0.368. The van der Waals surface area contributed by atoms with E-state index in [1.54, 1.807) is 23.1 Å². The van der Waals surface area contributed by atoms with Gasteiger partial charge in [0, 0.05) is 10.6 Å². The number of nitrogens with one attached hydrogen (secondary N) is 1. The van der Waals surface area contributed by atoms with Gasteiger partial charge in [-0.05, 0) is 40.2 Å². The Morgan fingerprint density at radius 3 is 2.89 bits per heavy atom. The van der Waals surface area contributed by atoms with E-state index in [4.69, 9.17) is 0 Å². The van der Waals surface area contributed by atoms with Crippen molar-refractivity contribution in [2.45, 2.75) is 18.5 Å². The van der Waals surface area contributed by atoms with Gasteiger partial charge in [0.05, 0.1) is 10.3 Å². The van der Waals surface area contributed by atoms with Crippen LogP contribution in [0.5, 0.6) is 0 Å². The lowest BCUT2D eigenvalue weighted by Gasteiger charge is -2.18. The average Bonchev–Trinajstić information content (AvgIpc) is 2.99. The van der Waals surface area contributed by atoms with Gasteiger partial charge in [-0.15, -0.1) is 11.3 Å². The molecule has 3 amide bonds. The predicted octanol–water partition coefficient (Wildman–Crippen LogP) is 2.44. The van der Waals surface area contributed by atoms with Crippen LogP contribution < -0.4 is 5.32 Å². The zero-order valence-electron chi connectivity index (χ0n) is 9.44. The van der Waals surface area contributed by atoms with Crippen molar-refractivity contribution >= 4 is 51.0 Å². The highest BCUT2D eigenvalue weighted by molar-refractivity contribution is 9.11. The number of thiophene rings is 1. The van der Waals surface area contributed by atoms with Crippen molar-refractivity contribution in [2.75, 3.05) is 11.5 Å². The molecule has 1 aromatic heterocycles. The number of hydrogen-bond acceptors (Lipinski definition) is 4. The van der Waals surface area contributed by atoms with Crippen LogP contribution >= 0.6 is 39.0 Å². The normalized spacial score (nSPS) is 27.3.